The topological polar surface area (TPSA) is 100 Å². The quantitative estimate of drug-likeness (QED) is 0.756. The van der Waals surface area contributed by atoms with Crippen molar-refractivity contribution in [1.82, 2.24) is 35.0 Å². The third-order valence-corrected chi connectivity index (χ3v) is 3.30. The monoisotopic (exact) mass is 334 g/mol. The van der Waals surface area contributed by atoms with Crippen LogP contribution < -0.4 is 5.73 Å². The molecule has 0 bridgehead atoms. The predicted octanol–water partition coefficient (Wildman–Crippen LogP) is 1.36. The van der Waals surface area contributed by atoms with Crippen molar-refractivity contribution < 1.29 is 8.78 Å². The first-order valence-corrected chi connectivity index (χ1v) is 7.36. The van der Waals surface area contributed by atoms with E-state index in [2.05, 4.69) is 25.6 Å². The first kappa shape index (κ1) is 16.0. The first-order valence-electron chi connectivity index (χ1n) is 7.36. The fourth-order valence-electron chi connectivity index (χ4n) is 2.24. The molecule has 0 aliphatic carbocycles. The van der Waals surface area contributed by atoms with Gasteiger partial charge in [-0.15, -0.1) is 0 Å². The Morgan fingerprint density at radius 3 is 2.71 bits per heavy atom. The highest BCUT2D eigenvalue weighted by Crippen LogP contribution is 2.18. The molecule has 8 nitrogen and oxygen atoms in total. The number of aromatic nitrogens is 7. The fourth-order valence-corrected chi connectivity index (χ4v) is 2.24. The minimum absolute atomic E-state index is 0.0286. The van der Waals surface area contributed by atoms with Crippen LogP contribution in [0.3, 0.4) is 0 Å². The summed E-state index contributed by atoms with van der Waals surface area (Å²) in [7, 11) is 0. The number of nitrogens with two attached hydrogens (primary N) is 1. The molecule has 0 saturated heterocycles. The number of benzene rings is 1. The SMILES string of the molecule is CC(C)Cc1nc(Cn2nnnc2N)n(-c2cc(F)ccc2F)n1. The Kier molecular flexibility index (Phi) is 4.19. The van der Waals surface area contributed by atoms with Crippen LogP contribution in [0.4, 0.5) is 14.7 Å². The number of rotatable bonds is 5. The summed E-state index contributed by atoms with van der Waals surface area (Å²) >= 11 is 0. The van der Waals surface area contributed by atoms with E-state index in [0.717, 1.165) is 18.2 Å². The van der Waals surface area contributed by atoms with E-state index in [1.165, 1.54) is 9.36 Å². The predicted molar refractivity (Wildman–Crippen MR) is 81.1 cm³/mol. The van der Waals surface area contributed by atoms with Crippen molar-refractivity contribution in [2.75, 3.05) is 5.73 Å². The van der Waals surface area contributed by atoms with Crippen LogP contribution in [0.15, 0.2) is 18.2 Å². The van der Waals surface area contributed by atoms with Crippen molar-refractivity contribution in [3.8, 4) is 5.69 Å². The molecular weight excluding hydrogens is 318 g/mol. The Bertz CT molecular complexity index is 854. The number of anilines is 1. The van der Waals surface area contributed by atoms with Gasteiger partial charge in [-0.2, -0.15) is 5.10 Å². The van der Waals surface area contributed by atoms with Crippen molar-refractivity contribution >= 4 is 5.95 Å². The molecule has 0 aliphatic rings. The van der Waals surface area contributed by atoms with Crippen LogP contribution in [-0.4, -0.2) is 35.0 Å². The van der Waals surface area contributed by atoms with Crippen LogP contribution in [0.5, 0.6) is 0 Å². The molecule has 0 spiro atoms. The molecule has 126 valence electrons. The molecule has 0 radical (unpaired) electrons. The molecule has 0 unspecified atom stereocenters. The Hall–Kier alpha value is -2.91. The highest BCUT2D eigenvalue weighted by atomic mass is 19.1. The Balaban J connectivity index is 2.07. The van der Waals surface area contributed by atoms with E-state index in [4.69, 9.17) is 5.73 Å². The van der Waals surface area contributed by atoms with Crippen molar-refractivity contribution in [3.63, 3.8) is 0 Å². The number of hydrogen-bond donors (Lipinski definition) is 1. The molecule has 2 N–H and O–H groups in total. The normalized spacial score (nSPS) is 11.4. The molecule has 0 atom stereocenters. The number of halogens is 2. The van der Waals surface area contributed by atoms with Crippen LogP contribution in [0, 0.1) is 17.6 Å². The van der Waals surface area contributed by atoms with Crippen molar-refractivity contribution in [2.45, 2.75) is 26.8 Å². The molecule has 3 aromatic rings. The molecule has 0 fully saturated rings. The highest BCUT2D eigenvalue weighted by Gasteiger charge is 2.18. The van der Waals surface area contributed by atoms with Crippen molar-refractivity contribution in [2.24, 2.45) is 5.92 Å². The second kappa shape index (κ2) is 6.30. The molecule has 1 aromatic carbocycles. The molecule has 3 rings (SSSR count). The van der Waals surface area contributed by atoms with E-state index in [1.807, 2.05) is 13.8 Å². The van der Waals surface area contributed by atoms with Gasteiger partial charge in [0.15, 0.2) is 11.6 Å². The van der Waals surface area contributed by atoms with Gasteiger partial charge in [0.2, 0.25) is 5.95 Å². The van der Waals surface area contributed by atoms with Gasteiger partial charge >= 0.3 is 0 Å². The molecule has 0 saturated carbocycles. The summed E-state index contributed by atoms with van der Waals surface area (Å²) in [5.41, 5.74) is 5.63. The third-order valence-electron chi connectivity index (χ3n) is 3.30. The summed E-state index contributed by atoms with van der Waals surface area (Å²) in [5.74, 6) is 0.104. The van der Waals surface area contributed by atoms with Gasteiger partial charge in [-0.25, -0.2) is 23.1 Å². The van der Waals surface area contributed by atoms with Crippen molar-refractivity contribution in [3.05, 3.63) is 41.5 Å². The lowest BCUT2D eigenvalue weighted by Gasteiger charge is -2.07. The molecule has 2 heterocycles. The van der Waals surface area contributed by atoms with Gasteiger partial charge in [0.05, 0.1) is 0 Å². The van der Waals surface area contributed by atoms with E-state index in [-0.39, 0.29) is 18.2 Å². The number of nitrogens with zero attached hydrogens (tertiary/aromatic N) is 7. The van der Waals surface area contributed by atoms with E-state index in [1.54, 1.807) is 0 Å². The van der Waals surface area contributed by atoms with Crippen LogP contribution in [-0.2, 0) is 13.0 Å². The number of nitrogen functional groups attached to an aromatic ring is 1. The van der Waals surface area contributed by atoms with Gasteiger partial charge < -0.3 is 5.73 Å². The van der Waals surface area contributed by atoms with Crippen LogP contribution >= 0.6 is 0 Å². The van der Waals surface area contributed by atoms with Gasteiger partial charge in [-0.05, 0) is 28.5 Å². The molecule has 0 amide bonds. The van der Waals surface area contributed by atoms with E-state index in [0.29, 0.717) is 24.0 Å². The van der Waals surface area contributed by atoms with Gasteiger partial charge in [0.25, 0.3) is 0 Å². The van der Waals surface area contributed by atoms with Gasteiger partial charge in [0, 0.05) is 12.5 Å². The fraction of sp³-hybridized carbons (Fsp3) is 0.357. The Morgan fingerprint density at radius 2 is 2.04 bits per heavy atom. The third kappa shape index (κ3) is 3.21. The minimum Gasteiger partial charge on any atom is -0.367 e. The van der Waals surface area contributed by atoms with Crippen LogP contribution in [0.2, 0.25) is 0 Å². The van der Waals surface area contributed by atoms with Crippen LogP contribution in [0.25, 0.3) is 5.69 Å². The number of hydrogen-bond acceptors (Lipinski definition) is 6. The minimum atomic E-state index is -0.608. The molecule has 0 aliphatic heterocycles. The van der Waals surface area contributed by atoms with Gasteiger partial charge in [-0.1, -0.05) is 18.9 Å². The highest BCUT2D eigenvalue weighted by molar-refractivity contribution is 5.34. The zero-order valence-electron chi connectivity index (χ0n) is 13.2. The van der Waals surface area contributed by atoms with E-state index in [9.17, 15) is 8.78 Å². The summed E-state index contributed by atoms with van der Waals surface area (Å²) in [6, 6.07) is 3.16. The average Bonchev–Trinajstić information content (AvgIpc) is 3.08. The smallest absolute Gasteiger partial charge is 0.240 e. The summed E-state index contributed by atoms with van der Waals surface area (Å²) in [5, 5.41) is 15.1. The maximum atomic E-state index is 14.1. The largest absolute Gasteiger partial charge is 0.367 e. The summed E-state index contributed by atoms with van der Waals surface area (Å²) in [6.45, 7) is 4.12. The summed E-state index contributed by atoms with van der Waals surface area (Å²) < 4.78 is 30.2. The zero-order valence-corrected chi connectivity index (χ0v) is 13.2. The number of tetrazole rings is 1. The van der Waals surface area contributed by atoms with E-state index >= 15 is 0 Å². The molecule has 24 heavy (non-hydrogen) atoms. The van der Waals surface area contributed by atoms with Crippen LogP contribution in [0.1, 0.15) is 25.5 Å². The molecule has 2 aromatic heterocycles. The average molecular weight is 334 g/mol. The van der Waals surface area contributed by atoms with Crippen molar-refractivity contribution in [1.29, 1.82) is 0 Å². The molecule has 10 heteroatoms. The maximum absolute atomic E-state index is 14.1. The summed E-state index contributed by atoms with van der Waals surface area (Å²) in [6.07, 6.45) is 0.599. The molecular formula is C14H16F2N8. The lowest BCUT2D eigenvalue weighted by Crippen LogP contribution is -2.13. The Morgan fingerprint density at radius 1 is 1.25 bits per heavy atom. The van der Waals surface area contributed by atoms with Gasteiger partial charge in [0.1, 0.15) is 23.9 Å². The standard InChI is InChI=1S/C14H16F2N8/c1-8(2)5-12-18-13(7-23-14(17)19-21-22-23)24(20-12)11-6-9(15)3-4-10(11)16/h3-4,6,8H,5,7H2,1-2H3,(H2,17,19,22). The second-order valence-corrected chi connectivity index (χ2v) is 5.74. The first-order chi connectivity index (χ1) is 11.4. The second-order valence-electron chi connectivity index (χ2n) is 5.74. The lowest BCUT2D eigenvalue weighted by molar-refractivity contribution is 0.570. The van der Waals surface area contributed by atoms with E-state index < -0.39 is 11.6 Å². The lowest BCUT2D eigenvalue weighted by atomic mass is 10.1. The zero-order chi connectivity index (χ0) is 17.3. The summed E-state index contributed by atoms with van der Waals surface area (Å²) in [4.78, 5) is 4.40. The van der Waals surface area contributed by atoms with Gasteiger partial charge in [-0.3, -0.25) is 0 Å². The maximum Gasteiger partial charge on any atom is 0.240 e. The Labute approximate surface area is 136 Å².